The Bertz CT molecular complexity index is 967. The minimum Gasteiger partial charge on any atom is -0.468 e. The summed E-state index contributed by atoms with van der Waals surface area (Å²) in [6.07, 6.45) is 13.0. The van der Waals surface area contributed by atoms with E-state index in [4.69, 9.17) is 9.47 Å². The van der Waals surface area contributed by atoms with Crippen LogP contribution in [0.25, 0.3) is 0 Å². The molecule has 2 fully saturated rings. The van der Waals surface area contributed by atoms with Gasteiger partial charge in [0.25, 0.3) is 0 Å². The molecule has 9 heteroatoms. The van der Waals surface area contributed by atoms with Crippen molar-refractivity contribution in [3.05, 3.63) is 23.4 Å². The van der Waals surface area contributed by atoms with Crippen LogP contribution in [0.15, 0.2) is 23.4 Å². The van der Waals surface area contributed by atoms with Crippen LogP contribution in [0.4, 0.5) is 4.79 Å². The second-order valence-electron chi connectivity index (χ2n) is 10.9. The van der Waals surface area contributed by atoms with Gasteiger partial charge in [0.05, 0.1) is 13.7 Å². The van der Waals surface area contributed by atoms with Crippen LogP contribution in [0.3, 0.4) is 0 Å². The fraction of sp³-hybridized carbons (Fsp3) is 0.724. The van der Waals surface area contributed by atoms with Crippen molar-refractivity contribution >= 4 is 23.9 Å². The Balaban J connectivity index is 1.52. The number of allylic oxidation sites excluding steroid dienone is 2. The van der Waals surface area contributed by atoms with Gasteiger partial charge in [-0.2, -0.15) is 0 Å². The van der Waals surface area contributed by atoms with Gasteiger partial charge in [-0.1, -0.05) is 24.1 Å². The third kappa shape index (κ3) is 6.07. The summed E-state index contributed by atoms with van der Waals surface area (Å²) in [4.78, 5) is 57.8. The van der Waals surface area contributed by atoms with E-state index in [2.05, 4.69) is 12.2 Å². The van der Waals surface area contributed by atoms with Crippen molar-refractivity contribution < 1.29 is 28.7 Å². The minimum atomic E-state index is -0.895. The van der Waals surface area contributed by atoms with Crippen molar-refractivity contribution in [2.24, 2.45) is 11.3 Å². The molecule has 0 saturated carbocycles. The van der Waals surface area contributed by atoms with Crippen molar-refractivity contribution in [2.45, 2.75) is 77.6 Å². The van der Waals surface area contributed by atoms with E-state index in [9.17, 15) is 19.2 Å². The molecule has 4 aliphatic rings. The molecule has 2 aliphatic heterocycles. The molecular formula is C29H43N3O6. The van der Waals surface area contributed by atoms with E-state index >= 15 is 0 Å². The first kappa shape index (κ1) is 28.2. The highest BCUT2D eigenvalue weighted by Crippen LogP contribution is 2.49. The summed E-state index contributed by atoms with van der Waals surface area (Å²) in [7, 11) is 1.41. The first-order chi connectivity index (χ1) is 18.4. The first-order valence-electron chi connectivity index (χ1n) is 14.4. The molecule has 0 bridgehead atoms. The van der Waals surface area contributed by atoms with Crippen LogP contribution in [0.5, 0.6) is 0 Å². The summed E-state index contributed by atoms with van der Waals surface area (Å²) in [5, 5.41) is 0. The molecule has 0 aromatic heterocycles. The number of esters is 1. The summed E-state index contributed by atoms with van der Waals surface area (Å²) in [6, 6.07) is 0. The van der Waals surface area contributed by atoms with Gasteiger partial charge in [0.2, 0.25) is 11.8 Å². The molecular weight excluding hydrogens is 486 g/mol. The topological polar surface area (TPSA) is 96.5 Å². The highest BCUT2D eigenvalue weighted by atomic mass is 16.6. The molecule has 0 aromatic carbocycles. The van der Waals surface area contributed by atoms with Crippen LogP contribution < -0.4 is 0 Å². The summed E-state index contributed by atoms with van der Waals surface area (Å²) in [6.45, 7) is 4.23. The molecule has 210 valence electrons. The van der Waals surface area contributed by atoms with Gasteiger partial charge < -0.3 is 24.2 Å². The molecule has 0 aromatic rings. The number of hydrogen-bond donors (Lipinski definition) is 0. The standard InChI is InChI=1S/C29H43N3O6/c1-3-38-28(36)31-18-16-30(17-19-31)25(33)20-23-21-29(27(35)37-2)14-9-5-8-12-24(29)32(26(23)34)15-13-22-10-6-4-7-11-22/h10,12,23H,3-9,11,13-21H2,1-2H3/t23-,29+/m1/s1. The van der Waals surface area contributed by atoms with Crippen molar-refractivity contribution in [1.82, 2.24) is 14.7 Å². The fourth-order valence-corrected chi connectivity index (χ4v) is 6.51. The maximum Gasteiger partial charge on any atom is 0.409 e. The lowest BCUT2D eigenvalue weighted by Crippen LogP contribution is -2.55. The van der Waals surface area contributed by atoms with Crippen LogP contribution >= 0.6 is 0 Å². The summed E-state index contributed by atoms with van der Waals surface area (Å²) in [5.41, 5.74) is 1.27. The number of carbonyl (C=O) groups excluding carboxylic acids is 4. The highest BCUT2D eigenvalue weighted by Gasteiger charge is 2.54. The van der Waals surface area contributed by atoms with E-state index in [1.165, 1.54) is 25.5 Å². The molecule has 0 N–H and O–H groups in total. The van der Waals surface area contributed by atoms with Crippen LogP contribution in [-0.2, 0) is 23.9 Å². The number of fused-ring (bicyclic) bond motifs is 1. The van der Waals surface area contributed by atoms with Gasteiger partial charge >= 0.3 is 12.1 Å². The van der Waals surface area contributed by atoms with E-state index < -0.39 is 11.3 Å². The number of ether oxygens (including phenoxy) is 2. The molecule has 4 rings (SSSR count). The van der Waals surface area contributed by atoms with Gasteiger partial charge in [-0.25, -0.2) is 4.79 Å². The number of piperidine rings is 1. The molecule has 2 atom stereocenters. The van der Waals surface area contributed by atoms with Crippen molar-refractivity contribution in [3.63, 3.8) is 0 Å². The van der Waals surface area contributed by atoms with Crippen molar-refractivity contribution in [1.29, 1.82) is 0 Å². The summed E-state index contributed by atoms with van der Waals surface area (Å²) in [5.74, 6) is -1.06. The third-order valence-electron chi connectivity index (χ3n) is 8.58. The maximum atomic E-state index is 13.9. The quantitative estimate of drug-likeness (QED) is 0.365. The zero-order valence-corrected chi connectivity index (χ0v) is 23.0. The first-order valence-corrected chi connectivity index (χ1v) is 14.4. The molecule has 2 saturated heterocycles. The zero-order chi connectivity index (χ0) is 27.1. The van der Waals surface area contributed by atoms with Crippen molar-refractivity contribution in [2.75, 3.05) is 46.4 Å². The van der Waals surface area contributed by atoms with Gasteiger partial charge in [-0.3, -0.25) is 14.4 Å². The van der Waals surface area contributed by atoms with Gasteiger partial charge in [-0.15, -0.1) is 0 Å². The number of likely N-dealkylation sites (tertiary alicyclic amines) is 1. The van der Waals surface area contributed by atoms with Gasteiger partial charge in [0.1, 0.15) is 5.41 Å². The second-order valence-corrected chi connectivity index (χ2v) is 10.9. The Kier molecular flexibility index (Phi) is 9.49. The van der Waals surface area contributed by atoms with Crippen LogP contribution in [0.1, 0.15) is 77.6 Å². The lowest BCUT2D eigenvalue weighted by molar-refractivity contribution is -0.160. The average molecular weight is 530 g/mol. The Morgan fingerprint density at radius 1 is 1.00 bits per heavy atom. The van der Waals surface area contributed by atoms with Crippen molar-refractivity contribution in [3.8, 4) is 0 Å². The maximum absolute atomic E-state index is 13.9. The van der Waals surface area contributed by atoms with Gasteiger partial charge in [-0.05, 0) is 64.7 Å². The predicted octanol–water partition coefficient (Wildman–Crippen LogP) is 4.03. The van der Waals surface area contributed by atoms with Gasteiger partial charge in [0, 0.05) is 50.8 Å². The molecule has 0 unspecified atom stereocenters. The molecule has 3 amide bonds. The average Bonchev–Trinajstić information content (AvgIpc) is 3.16. The molecule has 0 radical (unpaired) electrons. The number of amides is 3. The Hall–Kier alpha value is -2.84. The van der Waals surface area contributed by atoms with Gasteiger partial charge in [0.15, 0.2) is 0 Å². The zero-order valence-electron chi connectivity index (χ0n) is 23.0. The van der Waals surface area contributed by atoms with E-state index in [0.717, 1.165) is 44.2 Å². The summed E-state index contributed by atoms with van der Waals surface area (Å²) < 4.78 is 10.4. The largest absolute Gasteiger partial charge is 0.468 e. The predicted molar refractivity (Wildman–Crippen MR) is 142 cm³/mol. The van der Waals surface area contributed by atoms with Crippen LogP contribution in [0.2, 0.25) is 0 Å². The lowest BCUT2D eigenvalue weighted by Gasteiger charge is -2.46. The molecule has 2 aliphatic carbocycles. The number of piperazine rings is 1. The molecule has 38 heavy (non-hydrogen) atoms. The molecule has 9 nitrogen and oxygen atoms in total. The normalized spacial score (nSPS) is 26.1. The second kappa shape index (κ2) is 12.8. The van der Waals surface area contributed by atoms with E-state index in [1.54, 1.807) is 16.7 Å². The van der Waals surface area contributed by atoms with E-state index in [-0.39, 0.29) is 30.3 Å². The van der Waals surface area contributed by atoms with E-state index in [0.29, 0.717) is 52.2 Å². The Morgan fingerprint density at radius 3 is 2.39 bits per heavy atom. The van der Waals surface area contributed by atoms with Crippen LogP contribution in [0, 0.1) is 11.3 Å². The fourth-order valence-electron chi connectivity index (χ4n) is 6.51. The number of methoxy groups -OCH3 is 1. The number of carbonyl (C=O) groups is 4. The summed E-state index contributed by atoms with van der Waals surface area (Å²) >= 11 is 0. The SMILES string of the molecule is CCOC(=O)N1CCN(C(=O)C[C@@H]2C[C@@]3(C(=O)OC)CCCCC=C3N(CCC3=CCCCC3)C2=O)CC1. The molecule has 0 spiro atoms. The molecule has 2 heterocycles. The lowest BCUT2D eigenvalue weighted by atomic mass is 9.69. The highest BCUT2D eigenvalue weighted by molar-refractivity contribution is 5.92. The number of rotatable bonds is 7. The minimum absolute atomic E-state index is 0.0590. The monoisotopic (exact) mass is 529 g/mol. The third-order valence-corrected chi connectivity index (χ3v) is 8.58. The number of hydrogen-bond acceptors (Lipinski definition) is 6. The van der Waals surface area contributed by atoms with Crippen LogP contribution in [-0.4, -0.2) is 85.0 Å². The number of nitrogens with zero attached hydrogens (tertiary/aromatic N) is 3. The smallest absolute Gasteiger partial charge is 0.409 e. The van der Waals surface area contributed by atoms with E-state index in [1.807, 2.05) is 4.90 Å². The Morgan fingerprint density at radius 2 is 1.71 bits per heavy atom. The Labute approximate surface area is 226 Å².